The van der Waals surface area contributed by atoms with Crippen molar-refractivity contribution in [1.82, 2.24) is 20.1 Å². The van der Waals surface area contributed by atoms with Crippen molar-refractivity contribution < 1.29 is 4.79 Å². The summed E-state index contributed by atoms with van der Waals surface area (Å²) >= 11 is 1.44. The van der Waals surface area contributed by atoms with Gasteiger partial charge in [0, 0.05) is 11.6 Å². The van der Waals surface area contributed by atoms with Gasteiger partial charge in [0.15, 0.2) is 5.52 Å². The quantitative estimate of drug-likeness (QED) is 0.789. The Labute approximate surface area is 143 Å². The molecule has 24 heavy (non-hydrogen) atoms. The number of nitrogens with zero attached hydrogens (tertiary/aromatic N) is 3. The van der Waals surface area contributed by atoms with Gasteiger partial charge in [-0.1, -0.05) is 30.3 Å². The average Bonchev–Trinajstić information content (AvgIpc) is 2.92. The number of aromatic nitrogens is 3. The van der Waals surface area contributed by atoms with Gasteiger partial charge in [-0.25, -0.2) is 9.67 Å². The van der Waals surface area contributed by atoms with Crippen molar-refractivity contribution in [3.63, 3.8) is 0 Å². The van der Waals surface area contributed by atoms with E-state index in [1.165, 1.54) is 16.0 Å². The van der Waals surface area contributed by atoms with Gasteiger partial charge in [-0.2, -0.15) is 5.10 Å². The Balaban J connectivity index is 2.15. The van der Waals surface area contributed by atoms with Crippen LogP contribution in [0, 0.1) is 6.92 Å². The second-order valence-electron chi connectivity index (χ2n) is 5.81. The van der Waals surface area contributed by atoms with Gasteiger partial charge in [-0.15, -0.1) is 11.3 Å². The number of aryl methyl sites for hydroxylation is 1. The maximum atomic E-state index is 12.6. The van der Waals surface area contributed by atoms with Crippen molar-refractivity contribution >= 4 is 27.5 Å². The topological polar surface area (TPSA) is 76.9 Å². The number of rotatable bonds is 4. The molecule has 2 aromatic heterocycles. The molecule has 0 aliphatic heterocycles. The minimum Gasteiger partial charge on any atom is -0.352 e. The van der Waals surface area contributed by atoms with E-state index in [4.69, 9.17) is 0 Å². The highest BCUT2D eigenvalue weighted by molar-refractivity contribution is 7.19. The van der Waals surface area contributed by atoms with E-state index in [0.717, 1.165) is 15.3 Å². The lowest BCUT2D eigenvalue weighted by Gasteiger charge is -2.11. The maximum absolute atomic E-state index is 12.6. The molecule has 0 saturated carbocycles. The number of hydrogen-bond acceptors (Lipinski definition) is 5. The summed E-state index contributed by atoms with van der Waals surface area (Å²) in [5.41, 5.74) is 1.59. The summed E-state index contributed by atoms with van der Waals surface area (Å²) < 4.78 is 1.95. The molecule has 1 N–H and O–H groups in total. The van der Waals surface area contributed by atoms with Crippen LogP contribution >= 0.6 is 11.3 Å². The van der Waals surface area contributed by atoms with Crippen LogP contribution in [0.5, 0.6) is 0 Å². The monoisotopic (exact) mass is 342 g/mol. The van der Waals surface area contributed by atoms with E-state index >= 15 is 0 Å². The van der Waals surface area contributed by atoms with Gasteiger partial charge in [-0.3, -0.25) is 9.59 Å². The lowest BCUT2D eigenvalue weighted by atomic mass is 10.1. The molecule has 0 radical (unpaired) electrons. The molecule has 1 amide bonds. The van der Waals surface area contributed by atoms with Gasteiger partial charge in [0.25, 0.3) is 5.56 Å². The van der Waals surface area contributed by atoms with Crippen molar-refractivity contribution in [2.24, 2.45) is 0 Å². The summed E-state index contributed by atoms with van der Waals surface area (Å²) in [4.78, 5) is 29.0. The lowest BCUT2D eigenvalue weighted by molar-refractivity contribution is -0.122. The van der Waals surface area contributed by atoms with Crippen LogP contribution in [-0.2, 0) is 11.3 Å². The lowest BCUT2D eigenvalue weighted by Crippen LogP contribution is -2.37. The first kappa shape index (κ1) is 16.3. The van der Waals surface area contributed by atoms with Crippen LogP contribution in [0.3, 0.4) is 0 Å². The second kappa shape index (κ2) is 6.52. The molecular formula is C17H18N4O2S. The van der Waals surface area contributed by atoms with E-state index in [1.54, 1.807) is 0 Å². The van der Waals surface area contributed by atoms with Crippen LogP contribution in [0.2, 0.25) is 0 Å². The van der Waals surface area contributed by atoms with E-state index in [1.807, 2.05) is 51.1 Å². The average molecular weight is 342 g/mol. The van der Waals surface area contributed by atoms with E-state index in [9.17, 15) is 9.59 Å². The van der Waals surface area contributed by atoms with Crippen molar-refractivity contribution in [2.75, 3.05) is 0 Å². The Hall–Kier alpha value is -2.54. The fraction of sp³-hybridized carbons (Fsp3) is 0.294. The number of hydrogen-bond donors (Lipinski definition) is 1. The largest absolute Gasteiger partial charge is 0.352 e. The Morgan fingerprint density at radius 1 is 1.29 bits per heavy atom. The van der Waals surface area contributed by atoms with E-state index < -0.39 is 0 Å². The SMILES string of the molecule is Cc1nc2c(=O)n(CC(=O)NC(C)C)nc(-c3ccccc3)c2s1. The van der Waals surface area contributed by atoms with Crippen molar-refractivity contribution in [3.8, 4) is 11.3 Å². The smallest absolute Gasteiger partial charge is 0.294 e. The summed E-state index contributed by atoms with van der Waals surface area (Å²) in [5.74, 6) is -0.245. The molecular weight excluding hydrogens is 324 g/mol. The first-order chi connectivity index (χ1) is 11.5. The Morgan fingerprint density at radius 2 is 2.00 bits per heavy atom. The highest BCUT2D eigenvalue weighted by Gasteiger charge is 2.17. The molecule has 0 atom stereocenters. The number of carbonyl (C=O) groups is 1. The Bertz CT molecular complexity index is 944. The fourth-order valence-electron chi connectivity index (χ4n) is 2.46. The standard InChI is InChI=1S/C17H18N4O2S/c1-10(2)18-13(22)9-21-17(23)15-16(24-11(3)19-15)14(20-21)12-7-5-4-6-8-12/h4-8,10H,9H2,1-3H3,(H,18,22). The van der Waals surface area contributed by atoms with Crippen LogP contribution in [0.15, 0.2) is 35.1 Å². The number of nitrogens with one attached hydrogen (secondary N) is 1. The van der Waals surface area contributed by atoms with Gasteiger partial charge < -0.3 is 5.32 Å². The Morgan fingerprint density at radius 3 is 2.67 bits per heavy atom. The fourth-order valence-corrected chi connectivity index (χ4v) is 3.38. The number of carbonyl (C=O) groups excluding carboxylic acids is 1. The molecule has 0 bridgehead atoms. The summed E-state index contributed by atoms with van der Waals surface area (Å²) in [7, 11) is 0. The van der Waals surface area contributed by atoms with Crippen LogP contribution in [0.1, 0.15) is 18.9 Å². The molecule has 3 aromatic rings. The minimum atomic E-state index is -0.340. The molecule has 2 heterocycles. The third kappa shape index (κ3) is 3.21. The molecule has 1 aromatic carbocycles. The molecule has 0 aliphatic carbocycles. The molecule has 0 spiro atoms. The third-order valence-corrected chi connectivity index (χ3v) is 4.37. The van der Waals surface area contributed by atoms with Crippen LogP contribution in [-0.4, -0.2) is 26.7 Å². The minimum absolute atomic E-state index is 0.00652. The zero-order chi connectivity index (χ0) is 17.3. The normalized spacial score (nSPS) is 11.2. The maximum Gasteiger partial charge on any atom is 0.294 e. The zero-order valence-electron chi connectivity index (χ0n) is 13.7. The van der Waals surface area contributed by atoms with Gasteiger partial charge in [-0.05, 0) is 20.8 Å². The van der Waals surface area contributed by atoms with Crippen LogP contribution in [0.4, 0.5) is 0 Å². The Kier molecular flexibility index (Phi) is 4.44. The summed E-state index contributed by atoms with van der Waals surface area (Å²) in [5, 5.41) is 8.02. The molecule has 0 saturated heterocycles. The second-order valence-corrected chi connectivity index (χ2v) is 7.01. The van der Waals surface area contributed by atoms with E-state index in [-0.39, 0.29) is 24.1 Å². The molecule has 0 unspecified atom stereocenters. The van der Waals surface area contributed by atoms with Gasteiger partial charge in [0.05, 0.1) is 9.71 Å². The molecule has 124 valence electrons. The van der Waals surface area contributed by atoms with Crippen LogP contribution < -0.4 is 10.9 Å². The predicted octanol–water partition coefficient (Wildman–Crippen LogP) is 2.35. The number of amides is 1. The highest BCUT2D eigenvalue weighted by atomic mass is 32.1. The summed E-state index contributed by atoms with van der Waals surface area (Å²) in [6.45, 7) is 5.48. The predicted molar refractivity (Wildman–Crippen MR) is 95.1 cm³/mol. The van der Waals surface area contributed by atoms with E-state index in [0.29, 0.717) is 11.2 Å². The van der Waals surface area contributed by atoms with Crippen molar-refractivity contribution in [1.29, 1.82) is 0 Å². The zero-order valence-corrected chi connectivity index (χ0v) is 14.6. The van der Waals surface area contributed by atoms with Crippen molar-refractivity contribution in [2.45, 2.75) is 33.4 Å². The summed E-state index contributed by atoms with van der Waals surface area (Å²) in [6, 6.07) is 9.62. The van der Waals surface area contributed by atoms with Gasteiger partial charge in [0.2, 0.25) is 5.91 Å². The first-order valence-corrected chi connectivity index (χ1v) is 8.50. The molecule has 6 nitrogen and oxygen atoms in total. The van der Waals surface area contributed by atoms with Gasteiger partial charge >= 0.3 is 0 Å². The molecule has 0 aliphatic rings. The van der Waals surface area contributed by atoms with Gasteiger partial charge in [0.1, 0.15) is 12.2 Å². The number of fused-ring (bicyclic) bond motifs is 1. The van der Waals surface area contributed by atoms with Crippen molar-refractivity contribution in [3.05, 3.63) is 45.7 Å². The summed E-state index contributed by atoms with van der Waals surface area (Å²) in [6.07, 6.45) is 0. The number of benzene rings is 1. The number of thiazole rings is 1. The first-order valence-electron chi connectivity index (χ1n) is 7.68. The molecule has 3 rings (SSSR count). The molecule has 7 heteroatoms. The highest BCUT2D eigenvalue weighted by Crippen LogP contribution is 2.29. The third-order valence-electron chi connectivity index (χ3n) is 3.40. The van der Waals surface area contributed by atoms with E-state index in [2.05, 4.69) is 15.4 Å². The molecule has 0 fully saturated rings. The van der Waals surface area contributed by atoms with Crippen LogP contribution in [0.25, 0.3) is 21.5 Å².